The van der Waals surface area contributed by atoms with Gasteiger partial charge < -0.3 is 14.8 Å². The quantitative estimate of drug-likeness (QED) is 0.819. The maximum absolute atomic E-state index is 5.10. The third-order valence-electron chi connectivity index (χ3n) is 1.99. The van der Waals surface area contributed by atoms with Gasteiger partial charge in [-0.3, -0.25) is 0 Å². The highest BCUT2D eigenvalue weighted by molar-refractivity contribution is 7.99. The second-order valence-corrected chi connectivity index (χ2v) is 4.50. The average molecular weight is 242 g/mol. The lowest BCUT2D eigenvalue weighted by Crippen LogP contribution is -2.30. The Kier molecular flexibility index (Phi) is 3.79. The SMILES string of the molecule is CCNc1nc(OC)nc(SC2COC2)n1. The molecule has 1 N–H and O–H groups in total. The summed E-state index contributed by atoms with van der Waals surface area (Å²) in [6.45, 7) is 4.27. The van der Waals surface area contributed by atoms with Crippen molar-refractivity contribution < 1.29 is 9.47 Å². The molecule has 16 heavy (non-hydrogen) atoms. The first kappa shape index (κ1) is 11.4. The lowest BCUT2D eigenvalue weighted by molar-refractivity contribution is 0.0454. The molecule has 1 saturated heterocycles. The van der Waals surface area contributed by atoms with Crippen molar-refractivity contribution in [1.82, 2.24) is 15.0 Å². The monoisotopic (exact) mass is 242 g/mol. The van der Waals surface area contributed by atoms with Crippen molar-refractivity contribution in [3.05, 3.63) is 0 Å². The molecule has 0 amide bonds. The van der Waals surface area contributed by atoms with Crippen LogP contribution in [0.15, 0.2) is 5.16 Å². The largest absolute Gasteiger partial charge is 0.467 e. The molecule has 0 aliphatic carbocycles. The van der Waals surface area contributed by atoms with Crippen molar-refractivity contribution in [1.29, 1.82) is 0 Å². The zero-order chi connectivity index (χ0) is 11.4. The minimum atomic E-state index is 0.341. The highest BCUT2D eigenvalue weighted by Gasteiger charge is 2.21. The fourth-order valence-corrected chi connectivity index (χ4v) is 2.05. The van der Waals surface area contributed by atoms with Gasteiger partial charge in [-0.15, -0.1) is 0 Å². The van der Waals surface area contributed by atoms with E-state index in [9.17, 15) is 0 Å². The third-order valence-corrected chi connectivity index (χ3v) is 2.99. The summed E-state index contributed by atoms with van der Waals surface area (Å²) in [6.07, 6.45) is 0. The molecule has 2 heterocycles. The van der Waals surface area contributed by atoms with E-state index in [1.54, 1.807) is 18.9 Å². The van der Waals surface area contributed by atoms with Gasteiger partial charge in [0.2, 0.25) is 5.95 Å². The summed E-state index contributed by atoms with van der Waals surface area (Å²) < 4.78 is 10.1. The van der Waals surface area contributed by atoms with Crippen molar-refractivity contribution in [3.8, 4) is 6.01 Å². The topological polar surface area (TPSA) is 69.2 Å². The Morgan fingerprint density at radius 3 is 2.81 bits per heavy atom. The molecule has 1 aliphatic rings. The number of nitrogens with zero attached hydrogens (tertiary/aromatic N) is 3. The summed E-state index contributed by atoms with van der Waals surface area (Å²) in [5.41, 5.74) is 0. The Morgan fingerprint density at radius 2 is 2.25 bits per heavy atom. The molecule has 0 bridgehead atoms. The van der Waals surface area contributed by atoms with E-state index in [0.717, 1.165) is 19.8 Å². The van der Waals surface area contributed by atoms with Gasteiger partial charge >= 0.3 is 6.01 Å². The predicted molar refractivity (Wildman–Crippen MR) is 61.0 cm³/mol. The van der Waals surface area contributed by atoms with Gasteiger partial charge in [0.25, 0.3) is 0 Å². The minimum absolute atomic E-state index is 0.341. The Morgan fingerprint density at radius 1 is 1.44 bits per heavy atom. The summed E-state index contributed by atoms with van der Waals surface area (Å²) in [5, 5.41) is 4.17. The molecule has 0 saturated carbocycles. The number of nitrogens with one attached hydrogen (secondary N) is 1. The molecule has 0 aromatic carbocycles. The number of hydrogen-bond acceptors (Lipinski definition) is 7. The fourth-order valence-electron chi connectivity index (χ4n) is 1.15. The Balaban J connectivity index is 2.11. The normalized spacial score (nSPS) is 15.6. The molecule has 0 radical (unpaired) electrons. The molecule has 6 nitrogen and oxygen atoms in total. The number of rotatable bonds is 5. The lowest BCUT2D eigenvalue weighted by Gasteiger charge is -2.24. The average Bonchev–Trinajstić information content (AvgIpc) is 2.24. The molecule has 88 valence electrons. The summed E-state index contributed by atoms with van der Waals surface area (Å²) in [7, 11) is 1.55. The molecule has 0 spiro atoms. The molecule has 0 atom stereocenters. The van der Waals surface area contributed by atoms with E-state index in [2.05, 4.69) is 20.3 Å². The molecular weight excluding hydrogens is 228 g/mol. The smallest absolute Gasteiger partial charge is 0.321 e. The number of aromatic nitrogens is 3. The van der Waals surface area contributed by atoms with Gasteiger partial charge in [-0.1, -0.05) is 11.8 Å². The minimum Gasteiger partial charge on any atom is -0.467 e. The summed E-state index contributed by atoms with van der Waals surface area (Å²) in [6, 6.07) is 0.341. The van der Waals surface area contributed by atoms with Crippen LogP contribution in [0.5, 0.6) is 6.01 Å². The molecule has 7 heteroatoms. The zero-order valence-electron chi connectivity index (χ0n) is 9.27. The highest BCUT2D eigenvalue weighted by atomic mass is 32.2. The van der Waals surface area contributed by atoms with E-state index >= 15 is 0 Å². The van der Waals surface area contributed by atoms with Crippen LogP contribution in [-0.4, -0.2) is 47.1 Å². The fraction of sp³-hybridized carbons (Fsp3) is 0.667. The number of anilines is 1. The van der Waals surface area contributed by atoms with Crippen LogP contribution in [0.3, 0.4) is 0 Å². The maximum atomic E-state index is 5.10. The first-order valence-electron chi connectivity index (χ1n) is 5.10. The highest BCUT2D eigenvalue weighted by Crippen LogP contribution is 2.26. The maximum Gasteiger partial charge on any atom is 0.321 e. The van der Waals surface area contributed by atoms with Crippen LogP contribution in [0.2, 0.25) is 0 Å². The Bertz CT molecular complexity index is 359. The van der Waals surface area contributed by atoms with E-state index in [1.165, 1.54) is 0 Å². The zero-order valence-corrected chi connectivity index (χ0v) is 10.1. The molecule has 1 fully saturated rings. The number of methoxy groups -OCH3 is 1. The molecule has 1 aliphatic heterocycles. The van der Waals surface area contributed by atoms with Crippen LogP contribution in [-0.2, 0) is 4.74 Å². The predicted octanol–water partition coefficient (Wildman–Crippen LogP) is 0.803. The number of hydrogen-bond donors (Lipinski definition) is 1. The third kappa shape index (κ3) is 2.73. The molecule has 2 rings (SSSR count). The van der Waals surface area contributed by atoms with Gasteiger partial charge in [-0.25, -0.2) is 0 Å². The second-order valence-electron chi connectivity index (χ2n) is 3.24. The summed E-state index contributed by atoms with van der Waals surface area (Å²) >= 11 is 1.59. The van der Waals surface area contributed by atoms with Gasteiger partial charge in [0.1, 0.15) is 0 Å². The first-order chi connectivity index (χ1) is 7.81. The van der Waals surface area contributed by atoms with Crippen LogP contribution in [0, 0.1) is 0 Å². The van der Waals surface area contributed by atoms with Crippen LogP contribution < -0.4 is 10.1 Å². The van der Waals surface area contributed by atoms with Crippen LogP contribution in [0.1, 0.15) is 6.92 Å². The second kappa shape index (κ2) is 5.31. The van der Waals surface area contributed by atoms with E-state index in [4.69, 9.17) is 9.47 Å². The summed E-state index contributed by atoms with van der Waals surface area (Å²) in [5.74, 6) is 0.553. The van der Waals surface area contributed by atoms with Crippen molar-refractivity contribution in [2.75, 3.05) is 32.2 Å². The van der Waals surface area contributed by atoms with Crippen LogP contribution in [0.25, 0.3) is 0 Å². The molecule has 1 aromatic heterocycles. The Labute approximate surface area is 98.2 Å². The van der Waals surface area contributed by atoms with Crippen molar-refractivity contribution >= 4 is 17.7 Å². The van der Waals surface area contributed by atoms with E-state index in [1.807, 2.05) is 6.92 Å². The summed E-state index contributed by atoms with van der Waals surface area (Å²) in [4.78, 5) is 12.6. The van der Waals surface area contributed by atoms with Gasteiger partial charge in [0.15, 0.2) is 5.16 Å². The van der Waals surface area contributed by atoms with Crippen molar-refractivity contribution in [3.63, 3.8) is 0 Å². The van der Waals surface area contributed by atoms with Gasteiger partial charge in [0, 0.05) is 6.54 Å². The van der Waals surface area contributed by atoms with Gasteiger partial charge in [0.05, 0.1) is 25.6 Å². The number of ether oxygens (including phenoxy) is 2. The van der Waals surface area contributed by atoms with Crippen LogP contribution >= 0.6 is 11.8 Å². The molecule has 0 unspecified atom stereocenters. The van der Waals surface area contributed by atoms with Crippen LogP contribution in [0.4, 0.5) is 5.95 Å². The van der Waals surface area contributed by atoms with E-state index in [0.29, 0.717) is 22.4 Å². The van der Waals surface area contributed by atoms with Crippen molar-refractivity contribution in [2.45, 2.75) is 17.3 Å². The Hall–Kier alpha value is -1.08. The molecule has 1 aromatic rings. The number of thioether (sulfide) groups is 1. The molecular formula is C9H14N4O2S. The van der Waals surface area contributed by atoms with E-state index in [-0.39, 0.29) is 0 Å². The first-order valence-corrected chi connectivity index (χ1v) is 5.98. The van der Waals surface area contributed by atoms with Gasteiger partial charge in [-0.05, 0) is 6.92 Å². The van der Waals surface area contributed by atoms with Crippen molar-refractivity contribution in [2.24, 2.45) is 0 Å². The standard InChI is InChI=1S/C9H14N4O2S/c1-3-10-7-11-8(14-2)13-9(12-7)16-6-4-15-5-6/h6H,3-5H2,1-2H3,(H,10,11,12,13). The van der Waals surface area contributed by atoms with E-state index < -0.39 is 0 Å². The van der Waals surface area contributed by atoms with Gasteiger partial charge in [-0.2, -0.15) is 15.0 Å². The lowest BCUT2D eigenvalue weighted by atomic mass is 10.4.